The zero-order chi connectivity index (χ0) is 13.0. The van der Waals surface area contributed by atoms with Crippen LogP contribution in [0.4, 0.5) is 0 Å². The summed E-state index contributed by atoms with van der Waals surface area (Å²) in [4.78, 5) is 8.36. The number of pyridine rings is 1. The molecule has 94 valence electrons. The number of rotatable bonds is 1. The maximum Gasteiger partial charge on any atom is 0.554 e. The van der Waals surface area contributed by atoms with Crippen LogP contribution in [0.2, 0.25) is 0 Å². The van der Waals surface area contributed by atoms with Gasteiger partial charge in [-0.3, -0.25) is 4.98 Å². The highest BCUT2D eigenvalue weighted by atomic mass is 16.7. The van der Waals surface area contributed by atoms with Crippen LogP contribution in [0.15, 0.2) is 22.9 Å². The lowest BCUT2D eigenvalue weighted by molar-refractivity contribution is 0.00578. The minimum Gasteiger partial charge on any atom is -0.442 e. The van der Waals surface area contributed by atoms with E-state index in [0.717, 1.165) is 5.52 Å². The SMILES string of the molecule is CC1(C)OB(c2nc3ccncc3o2)OC1(C)C. The lowest BCUT2D eigenvalue weighted by Crippen LogP contribution is -2.41. The maximum absolute atomic E-state index is 5.88. The lowest BCUT2D eigenvalue weighted by atomic mass is 9.90. The minimum atomic E-state index is -0.567. The van der Waals surface area contributed by atoms with Gasteiger partial charge in [-0.15, -0.1) is 0 Å². The van der Waals surface area contributed by atoms with Gasteiger partial charge in [0.1, 0.15) is 5.52 Å². The highest BCUT2D eigenvalue weighted by Crippen LogP contribution is 2.36. The number of oxazole rings is 1. The molecule has 2 aromatic rings. The molecule has 0 bridgehead atoms. The molecular formula is C12H15BN2O3. The van der Waals surface area contributed by atoms with E-state index < -0.39 is 18.3 Å². The molecule has 0 radical (unpaired) electrons. The summed E-state index contributed by atoms with van der Waals surface area (Å²) in [6, 6.07) is 1.80. The molecule has 3 rings (SSSR count). The predicted octanol–water partition coefficient (Wildman–Crippen LogP) is 1.52. The van der Waals surface area contributed by atoms with Crippen LogP contribution in [0.1, 0.15) is 27.7 Å². The fourth-order valence-electron chi connectivity index (χ4n) is 1.84. The summed E-state index contributed by atoms with van der Waals surface area (Å²) >= 11 is 0. The van der Waals surface area contributed by atoms with E-state index in [1.807, 2.05) is 27.7 Å². The third-order valence-corrected chi connectivity index (χ3v) is 3.66. The summed E-state index contributed by atoms with van der Waals surface area (Å²) in [5, 5.41) is 0. The van der Waals surface area contributed by atoms with Crippen molar-refractivity contribution in [3.63, 3.8) is 0 Å². The predicted molar refractivity (Wildman–Crippen MR) is 67.5 cm³/mol. The van der Waals surface area contributed by atoms with Crippen molar-refractivity contribution in [3.8, 4) is 0 Å². The third-order valence-electron chi connectivity index (χ3n) is 3.66. The molecule has 5 nitrogen and oxygen atoms in total. The largest absolute Gasteiger partial charge is 0.554 e. The van der Waals surface area contributed by atoms with Gasteiger partial charge in [0.25, 0.3) is 0 Å². The van der Waals surface area contributed by atoms with Gasteiger partial charge in [0.15, 0.2) is 5.58 Å². The van der Waals surface area contributed by atoms with Gasteiger partial charge in [0, 0.05) is 6.20 Å². The Kier molecular flexibility index (Phi) is 2.31. The van der Waals surface area contributed by atoms with Gasteiger partial charge in [0.05, 0.1) is 17.4 Å². The summed E-state index contributed by atoms with van der Waals surface area (Å²) in [5.41, 5.74) is 0.615. The van der Waals surface area contributed by atoms with Crippen molar-refractivity contribution in [2.24, 2.45) is 0 Å². The summed E-state index contributed by atoms with van der Waals surface area (Å²) in [7, 11) is -0.567. The fraction of sp³-hybridized carbons (Fsp3) is 0.500. The summed E-state index contributed by atoms with van der Waals surface area (Å²) in [5.74, 6) is 0.441. The Morgan fingerprint density at radius 1 is 1.11 bits per heavy atom. The molecule has 0 aromatic carbocycles. The Bertz CT molecular complexity index is 545. The fourth-order valence-corrected chi connectivity index (χ4v) is 1.84. The molecule has 1 fully saturated rings. The highest BCUT2D eigenvalue weighted by Gasteiger charge is 2.53. The van der Waals surface area contributed by atoms with Gasteiger partial charge in [0.2, 0.25) is 5.79 Å². The van der Waals surface area contributed by atoms with Gasteiger partial charge >= 0.3 is 7.12 Å². The van der Waals surface area contributed by atoms with E-state index in [9.17, 15) is 0 Å². The van der Waals surface area contributed by atoms with E-state index >= 15 is 0 Å². The van der Waals surface area contributed by atoms with E-state index in [1.165, 1.54) is 0 Å². The van der Waals surface area contributed by atoms with Crippen LogP contribution >= 0.6 is 0 Å². The van der Waals surface area contributed by atoms with Crippen molar-refractivity contribution < 1.29 is 13.7 Å². The van der Waals surface area contributed by atoms with Crippen LogP contribution in [-0.4, -0.2) is 28.3 Å². The molecule has 0 aliphatic carbocycles. The Labute approximate surface area is 106 Å². The maximum atomic E-state index is 5.88. The zero-order valence-electron chi connectivity index (χ0n) is 10.9. The molecule has 0 amide bonds. The molecule has 18 heavy (non-hydrogen) atoms. The first kappa shape index (κ1) is 11.7. The smallest absolute Gasteiger partial charge is 0.442 e. The first-order valence-corrected chi connectivity index (χ1v) is 5.95. The average Bonchev–Trinajstić information content (AvgIpc) is 2.78. The Hall–Kier alpha value is -1.40. The molecule has 0 N–H and O–H groups in total. The molecule has 6 heteroatoms. The highest BCUT2D eigenvalue weighted by molar-refractivity contribution is 6.59. The zero-order valence-corrected chi connectivity index (χ0v) is 10.9. The second-order valence-electron chi connectivity index (χ2n) is 5.48. The normalized spacial score (nSPS) is 21.7. The van der Waals surface area contributed by atoms with Gasteiger partial charge in [-0.05, 0) is 33.8 Å². The van der Waals surface area contributed by atoms with Crippen LogP contribution < -0.4 is 5.79 Å². The Morgan fingerprint density at radius 2 is 1.78 bits per heavy atom. The molecule has 1 aliphatic heterocycles. The number of aromatic nitrogens is 2. The number of fused-ring (bicyclic) bond motifs is 1. The van der Waals surface area contributed by atoms with Crippen molar-refractivity contribution in [1.29, 1.82) is 0 Å². The number of hydrogen-bond acceptors (Lipinski definition) is 5. The van der Waals surface area contributed by atoms with Crippen LogP contribution in [0.3, 0.4) is 0 Å². The first-order chi connectivity index (χ1) is 8.39. The van der Waals surface area contributed by atoms with E-state index in [2.05, 4.69) is 9.97 Å². The molecule has 2 aromatic heterocycles. The quantitative estimate of drug-likeness (QED) is 0.714. The van der Waals surface area contributed by atoms with E-state index in [4.69, 9.17) is 13.7 Å². The van der Waals surface area contributed by atoms with Crippen molar-refractivity contribution in [1.82, 2.24) is 9.97 Å². The van der Waals surface area contributed by atoms with Crippen molar-refractivity contribution in [2.75, 3.05) is 0 Å². The van der Waals surface area contributed by atoms with Gasteiger partial charge in [-0.1, -0.05) is 0 Å². The van der Waals surface area contributed by atoms with Crippen LogP contribution in [0, 0.1) is 0 Å². The molecule has 1 aliphatic rings. The summed E-state index contributed by atoms with van der Waals surface area (Å²) in [6.07, 6.45) is 3.32. The topological polar surface area (TPSA) is 57.4 Å². The molecule has 0 atom stereocenters. The number of nitrogens with zero attached hydrogens (tertiary/aromatic N) is 2. The lowest BCUT2D eigenvalue weighted by Gasteiger charge is -2.32. The molecule has 0 unspecified atom stereocenters. The average molecular weight is 246 g/mol. The van der Waals surface area contributed by atoms with Crippen LogP contribution in [-0.2, 0) is 9.31 Å². The van der Waals surface area contributed by atoms with E-state index in [0.29, 0.717) is 11.4 Å². The second-order valence-corrected chi connectivity index (χ2v) is 5.48. The monoisotopic (exact) mass is 246 g/mol. The first-order valence-electron chi connectivity index (χ1n) is 5.95. The van der Waals surface area contributed by atoms with Crippen molar-refractivity contribution in [3.05, 3.63) is 18.5 Å². The standard InChI is InChI=1S/C12H15BN2O3/c1-11(2)12(3,4)18-13(17-11)10-15-8-5-6-14-7-9(8)16-10/h5-7H,1-4H3. The van der Waals surface area contributed by atoms with Crippen molar-refractivity contribution >= 4 is 24.0 Å². The Balaban J connectivity index is 1.97. The third kappa shape index (κ3) is 1.64. The summed E-state index contributed by atoms with van der Waals surface area (Å²) < 4.78 is 17.4. The molecule has 0 spiro atoms. The van der Waals surface area contributed by atoms with Gasteiger partial charge in [-0.2, -0.15) is 0 Å². The van der Waals surface area contributed by atoms with Gasteiger partial charge < -0.3 is 13.7 Å². The van der Waals surface area contributed by atoms with Crippen LogP contribution in [0.25, 0.3) is 11.1 Å². The van der Waals surface area contributed by atoms with Gasteiger partial charge in [-0.25, -0.2) is 4.98 Å². The molecule has 0 saturated carbocycles. The minimum absolute atomic E-state index is 0.392. The Morgan fingerprint density at radius 3 is 2.39 bits per heavy atom. The number of hydrogen-bond donors (Lipinski definition) is 0. The van der Waals surface area contributed by atoms with Crippen molar-refractivity contribution in [2.45, 2.75) is 38.9 Å². The molecule has 3 heterocycles. The molecule has 1 saturated heterocycles. The van der Waals surface area contributed by atoms with E-state index in [-0.39, 0.29) is 0 Å². The second kappa shape index (κ2) is 3.55. The molecular weight excluding hydrogens is 231 g/mol. The summed E-state index contributed by atoms with van der Waals surface area (Å²) in [6.45, 7) is 7.99. The van der Waals surface area contributed by atoms with E-state index in [1.54, 1.807) is 18.5 Å². The van der Waals surface area contributed by atoms with Crippen LogP contribution in [0.5, 0.6) is 0 Å².